The first-order valence-corrected chi connectivity index (χ1v) is 46.4. The van der Waals surface area contributed by atoms with Crippen LogP contribution in [0.25, 0.3) is 0 Å². The monoisotopic (exact) mass is 1980 g/mol. The van der Waals surface area contributed by atoms with E-state index in [2.05, 4.69) is 0 Å². The van der Waals surface area contributed by atoms with E-state index in [0.717, 1.165) is 13.8 Å². The zero-order valence-corrected chi connectivity index (χ0v) is 78.1. The summed E-state index contributed by atoms with van der Waals surface area (Å²) < 4.78 is 138. The van der Waals surface area contributed by atoms with E-state index in [4.69, 9.17) is 99.5 Å². The van der Waals surface area contributed by atoms with Crippen molar-refractivity contribution in [2.24, 2.45) is 0 Å². The van der Waals surface area contributed by atoms with Crippen LogP contribution in [0.5, 0.6) is 0 Å². The quantitative estimate of drug-likeness (QED) is 0.0258. The molecule has 0 radical (unpaired) electrons. The molecule has 0 amide bonds. The van der Waals surface area contributed by atoms with Gasteiger partial charge in [-0.25, -0.2) is 52.7 Å². The molecule has 34 heteroatoms. The number of rotatable bonds is 37. The number of hydrogen-bond donors (Lipinski definition) is 0. The zero-order chi connectivity index (χ0) is 102. The molecule has 0 aromatic heterocycles. The largest absolute Gasteiger partial charge is 0.459 e. The fourth-order valence-electron chi connectivity index (χ4n) is 16.4. The standard InChI is InChI=1S/C112H96O34/c1-68(113)131-94-90(141-103(120)76-51-27-9-28-52-76)87(138-100(117)73-45-21-6-22-46-73)83(134-109(94)127-63-70-39-15-3-16-40-70)66-130-112-97(146-108(125)81-61-37-14-38-62-81)93(144-106(123)79-57-33-12-34-58-79)89(140-102(119)75-49-25-8-26-50-75)85(136-112)65-128-110-95(132-69(2)114)91(142-104(121)77-53-29-10-30-54-77)88(139-101(118)74-47-23-7-24-48-74)84(135-110)67-129-111-96(145-107(124)80-59-35-13-36-60-80)92(143-105(122)78-55-31-11-32-56-78)86(137-99(116)72-43-19-5-20-44-72)82(133-111)64-126-98(115)71-41-17-4-18-42-71/h3-62,82-97,109-112H,63-67H2,1-2H3/t82-,83-,84-,85-,86+,87+,88+,89+,90+,91+,92+,93+,94-,95-,96-,97-,109-,110-,111-,112-/m1/s1. The molecule has 146 heavy (non-hydrogen) atoms. The molecule has 0 unspecified atom stereocenters. The molecular weight excluding hydrogens is 1890 g/mol. The Kier molecular flexibility index (Phi) is 35.0. The molecule has 4 saturated heterocycles. The Morgan fingerprint density at radius 3 is 0.534 bits per heavy atom. The average Bonchev–Trinajstić information content (AvgIpc) is 0.772. The van der Waals surface area contributed by atoms with Gasteiger partial charge in [-0.05, 0) is 139 Å². The summed E-state index contributed by atoms with van der Waals surface area (Å²) in [6.07, 6.45) is -40.9. The summed E-state index contributed by atoms with van der Waals surface area (Å²) in [5.41, 5.74) is -0.322. The summed E-state index contributed by atoms with van der Waals surface area (Å²) in [6.45, 7) is -2.28. The van der Waals surface area contributed by atoms with Gasteiger partial charge in [0.2, 0.25) is 0 Å². The lowest BCUT2D eigenvalue weighted by Crippen LogP contribution is -2.66. The van der Waals surface area contributed by atoms with Crippen LogP contribution in [0.1, 0.15) is 133 Å². The highest BCUT2D eigenvalue weighted by atomic mass is 16.8. The molecule has 0 N–H and O–H groups in total. The molecule has 12 aromatic carbocycles. The highest BCUT2D eigenvalue weighted by Gasteiger charge is 2.61. The van der Waals surface area contributed by atoms with Gasteiger partial charge in [0.05, 0.1) is 87.6 Å². The minimum absolute atomic E-state index is 0.0227. The molecule has 0 spiro atoms. The van der Waals surface area contributed by atoms with Crippen LogP contribution in [-0.4, -0.2) is 227 Å². The lowest BCUT2D eigenvalue weighted by Gasteiger charge is -2.47. The van der Waals surface area contributed by atoms with Crippen molar-refractivity contribution in [3.8, 4) is 0 Å². The van der Waals surface area contributed by atoms with Gasteiger partial charge in [0.25, 0.3) is 0 Å². The molecule has 4 heterocycles. The van der Waals surface area contributed by atoms with Crippen LogP contribution in [0, 0.1) is 0 Å². The van der Waals surface area contributed by atoms with Crippen molar-refractivity contribution >= 4 is 77.6 Å². The molecule has 20 atom stereocenters. The third kappa shape index (κ3) is 26.7. The number of carbonyl (C=O) groups is 13. The second kappa shape index (κ2) is 49.9. The Balaban J connectivity index is 0.837. The molecule has 0 saturated carbocycles. The SMILES string of the molecule is CC(=O)O[C@H]1[C@H](OC[C@H]2O[C@@H](OC[C@H]3O[C@@H](OCc4ccccc4)[C@H](OC(C)=O)[C@@H](OC(=O)c4ccccc4)[C@H]3OC(=O)c3ccccc3)[C@H](OC(=O)c3ccccc3)[C@@H](OC(=O)c3ccccc3)[C@H]2OC(=O)c2ccccc2)O[C@H](CO[C@@H]2O[C@H](COC(=O)c3ccccc3)[C@H](OC(=O)c3ccccc3)[C@H](OC(=O)c3ccccc3)[C@H]2OC(=O)c2ccccc2)[C@H](OC(=O)c2ccccc2)[C@@H]1OC(=O)c1ccccc1. The number of carbonyl (C=O) groups excluding carboxylic acids is 13. The van der Waals surface area contributed by atoms with Gasteiger partial charge < -0.3 is 99.5 Å². The topological polar surface area (TPSA) is 416 Å². The number of benzene rings is 12. The van der Waals surface area contributed by atoms with Crippen molar-refractivity contribution in [2.75, 3.05) is 26.4 Å². The summed E-state index contributed by atoms with van der Waals surface area (Å²) in [4.78, 5) is 193. The normalized spacial score (nSPS) is 23.5. The van der Waals surface area contributed by atoms with Crippen LogP contribution in [0.15, 0.2) is 364 Å². The van der Waals surface area contributed by atoms with Crippen molar-refractivity contribution in [3.05, 3.63) is 431 Å². The Hall–Kier alpha value is -16.6. The van der Waals surface area contributed by atoms with E-state index in [9.17, 15) is 33.6 Å². The highest BCUT2D eigenvalue weighted by Crippen LogP contribution is 2.40. The van der Waals surface area contributed by atoms with Gasteiger partial charge in [-0.3, -0.25) is 9.59 Å². The third-order valence-corrected chi connectivity index (χ3v) is 23.4. The van der Waals surface area contributed by atoms with Crippen molar-refractivity contribution in [1.29, 1.82) is 0 Å². The van der Waals surface area contributed by atoms with Crippen molar-refractivity contribution in [3.63, 3.8) is 0 Å². The molecular formula is C112H96O34. The van der Waals surface area contributed by atoms with Crippen LogP contribution in [0.4, 0.5) is 0 Å². The molecule has 4 aliphatic heterocycles. The lowest BCUT2D eigenvalue weighted by atomic mass is 9.96. The van der Waals surface area contributed by atoms with Crippen LogP contribution < -0.4 is 0 Å². The first-order valence-electron chi connectivity index (χ1n) is 46.4. The predicted molar refractivity (Wildman–Crippen MR) is 508 cm³/mol. The van der Waals surface area contributed by atoms with E-state index >= 15 is 28.8 Å². The first kappa shape index (κ1) is 102. The fourth-order valence-corrected chi connectivity index (χ4v) is 16.4. The van der Waals surface area contributed by atoms with E-state index < -0.39 is 227 Å². The summed E-state index contributed by atoms with van der Waals surface area (Å²) >= 11 is 0. The second-order valence-corrected chi connectivity index (χ2v) is 33.4. The minimum atomic E-state index is -2.28. The summed E-state index contributed by atoms with van der Waals surface area (Å²) in [5, 5.41) is 0. The van der Waals surface area contributed by atoms with E-state index in [0.29, 0.717) is 5.56 Å². The van der Waals surface area contributed by atoms with Crippen molar-refractivity contribution in [2.45, 2.75) is 143 Å². The molecule has 12 aromatic rings. The van der Waals surface area contributed by atoms with E-state index in [1.807, 2.05) is 0 Å². The zero-order valence-electron chi connectivity index (χ0n) is 78.1. The molecule has 34 nitrogen and oxygen atoms in total. The Morgan fingerprint density at radius 2 is 0.336 bits per heavy atom. The van der Waals surface area contributed by atoms with E-state index in [1.165, 1.54) is 218 Å². The van der Waals surface area contributed by atoms with E-state index in [1.54, 1.807) is 146 Å². The third-order valence-electron chi connectivity index (χ3n) is 23.4. The van der Waals surface area contributed by atoms with Gasteiger partial charge in [0.1, 0.15) is 31.0 Å². The first-order chi connectivity index (χ1) is 71.1. The summed E-state index contributed by atoms with van der Waals surface area (Å²) in [5.74, 6) is -14.1. The Bertz CT molecular complexity index is 6410. The van der Waals surface area contributed by atoms with Crippen LogP contribution in [0.3, 0.4) is 0 Å². The van der Waals surface area contributed by atoms with Gasteiger partial charge in [-0.15, -0.1) is 0 Å². The fraction of sp³-hybridized carbons (Fsp3) is 0.241. The minimum Gasteiger partial charge on any atom is -0.459 e. The lowest BCUT2D eigenvalue weighted by molar-refractivity contribution is -0.346. The van der Waals surface area contributed by atoms with Gasteiger partial charge in [-0.1, -0.05) is 231 Å². The number of esters is 13. The average molecular weight is 1990 g/mol. The Labute approximate surface area is 835 Å². The molecule has 0 bridgehead atoms. The highest BCUT2D eigenvalue weighted by molar-refractivity contribution is 5.95. The predicted octanol–water partition coefficient (Wildman–Crippen LogP) is 14.1. The number of ether oxygens (including phenoxy) is 21. The van der Waals surface area contributed by atoms with Crippen LogP contribution in [-0.2, 0) is 116 Å². The summed E-state index contributed by atoms with van der Waals surface area (Å²) in [7, 11) is 0. The summed E-state index contributed by atoms with van der Waals surface area (Å²) in [6, 6.07) is 90.8. The van der Waals surface area contributed by atoms with Gasteiger partial charge in [0, 0.05) is 13.8 Å². The van der Waals surface area contributed by atoms with Gasteiger partial charge in [-0.2, -0.15) is 0 Å². The van der Waals surface area contributed by atoms with Gasteiger partial charge >= 0.3 is 77.6 Å². The van der Waals surface area contributed by atoms with Crippen molar-refractivity contribution < 1.29 is 162 Å². The maximum absolute atomic E-state index is 15.4. The van der Waals surface area contributed by atoms with Crippen molar-refractivity contribution in [1.82, 2.24) is 0 Å². The molecule has 4 fully saturated rings. The smallest absolute Gasteiger partial charge is 0.338 e. The Morgan fingerprint density at radius 1 is 0.178 bits per heavy atom. The van der Waals surface area contributed by atoms with Gasteiger partial charge in [0.15, 0.2) is 98.4 Å². The maximum atomic E-state index is 15.4. The second-order valence-electron chi connectivity index (χ2n) is 33.4. The number of hydrogen-bond acceptors (Lipinski definition) is 34. The maximum Gasteiger partial charge on any atom is 0.338 e. The molecule has 748 valence electrons. The van der Waals surface area contributed by atoms with E-state index in [-0.39, 0.29) is 67.8 Å². The molecule has 4 aliphatic rings. The van der Waals surface area contributed by atoms with Crippen LogP contribution in [0.2, 0.25) is 0 Å². The van der Waals surface area contributed by atoms with Crippen LogP contribution >= 0.6 is 0 Å². The molecule has 0 aliphatic carbocycles. The molecule has 16 rings (SSSR count).